The Labute approximate surface area is 181 Å². The molecule has 0 unspecified atom stereocenters. The molecule has 0 fully saturated rings. The van der Waals surface area contributed by atoms with Gasteiger partial charge in [0.1, 0.15) is 12.1 Å². The molecule has 0 spiro atoms. The molecule has 0 saturated carbocycles. The molecule has 0 heterocycles. The average Bonchev–Trinajstić information content (AvgIpc) is 2.66. The largest absolute Gasteiger partial charge is 0.444 e. The van der Waals surface area contributed by atoms with Crippen molar-refractivity contribution in [1.82, 2.24) is 10.6 Å². The number of carbonyl (C=O) groups is 3. The second-order valence-corrected chi connectivity index (χ2v) is 8.01. The molecule has 2 aromatic rings. The van der Waals surface area contributed by atoms with Crippen LogP contribution in [0.2, 0.25) is 5.02 Å². The number of anilines is 1. The number of halogens is 1. The Bertz CT molecular complexity index is 909. The number of amides is 3. The molecule has 0 saturated heterocycles. The minimum atomic E-state index is -0.662. The summed E-state index contributed by atoms with van der Waals surface area (Å²) in [4.78, 5) is 36.0. The maximum absolute atomic E-state index is 12.4. The van der Waals surface area contributed by atoms with Crippen molar-refractivity contribution in [3.8, 4) is 0 Å². The van der Waals surface area contributed by atoms with Crippen LogP contribution >= 0.6 is 11.6 Å². The molecule has 30 heavy (non-hydrogen) atoms. The van der Waals surface area contributed by atoms with Crippen molar-refractivity contribution < 1.29 is 19.1 Å². The van der Waals surface area contributed by atoms with Gasteiger partial charge in [-0.2, -0.15) is 0 Å². The van der Waals surface area contributed by atoms with Crippen molar-refractivity contribution in [1.29, 1.82) is 0 Å². The molecule has 7 nitrogen and oxygen atoms in total. The van der Waals surface area contributed by atoms with Crippen molar-refractivity contribution in [2.45, 2.75) is 39.3 Å². The van der Waals surface area contributed by atoms with Gasteiger partial charge in [0.05, 0.1) is 6.42 Å². The lowest BCUT2D eigenvalue weighted by molar-refractivity contribution is -0.120. The second-order valence-electron chi connectivity index (χ2n) is 7.61. The van der Waals surface area contributed by atoms with E-state index in [1.165, 1.54) is 0 Å². The molecule has 0 aliphatic heterocycles. The van der Waals surface area contributed by atoms with Crippen molar-refractivity contribution >= 4 is 35.2 Å². The summed E-state index contributed by atoms with van der Waals surface area (Å²) in [5, 5.41) is 8.49. The van der Waals surface area contributed by atoms with E-state index in [1.54, 1.807) is 57.2 Å². The Kier molecular flexibility index (Phi) is 8.24. The Morgan fingerprint density at radius 1 is 0.900 bits per heavy atom. The summed E-state index contributed by atoms with van der Waals surface area (Å²) in [6.07, 6.45) is -0.523. The van der Waals surface area contributed by atoms with Gasteiger partial charge in [0, 0.05) is 17.3 Å². The number of nitrogens with one attached hydrogen (secondary N) is 3. The number of hydrogen-bond acceptors (Lipinski definition) is 4. The highest BCUT2D eigenvalue weighted by atomic mass is 35.5. The Hall–Kier alpha value is -3.06. The summed E-state index contributed by atoms with van der Waals surface area (Å²) in [5.41, 5.74) is 1.42. The minimum absolute atomic E-state index is 0.139. The summed E-state index contributed by atoms with van der Waals surface area (Å²) in [7, 11) is 0. The van der Waals surface area contributed by atoms with Crippen LogP contribution in [0, 0.1) is 0 Å². The van der Waals surface area contributed by atoms with Gasteiger partial charge in [-0.15, -0.1) is 0 Å². The molecular weight excluding hydrogens is 406 g/mol. The van der Waals surface area contributed by atoms with Crippen LogP contribution in [0.15, 0.2) is 48.5 Å². The number of hydrogen-bond donors (Lipinski definition) is 3. The van der Waals surface area contributed by atoms with Crippen LogP contribution in [0.5, 0.6) is 0 Å². The van der Waals surface area contributed by atoms with Crippen LogP contribution in [0.25, 0.3) is 0 Å². The molecule has 2 aromatic carbocycles. The number of para-hydroxylation sites is 1. The summed E-state index contributed by atoms with van der Waals surface area (Å²) in [5.74, 6) is -0.591. The quantitative estimate of drug-likeness (QED) is 0.623. The molecule has 0 aliphatic rings. The maximum Gasteiger partial charge on any atom is 0.408 e. The normalized spacial score (nSPS) is 10.8. The Balaban J connectivity index is 1.87. The van der Waals surface area contributed by atoms with Crippen molar-refractivity contribution in [3.05, 3.63) is 64.7 Å². The van der Waals surface area contributed by atoms with Gasteiger partial charge in [-0.3, -0.25) is 9.59 Å². The Morgan fingerprint density at radius 3 is 2.20 bits per heavy atom. The number of carbonyl (C=O) groups excluding carboxylic acids is 3. The lowest BCUT2D eigenvalue weighted by Crippen LogP contribution is -2.39. The van der Waals surface area contributed by atoms with Gasteiger partial charge in [0.25, 0.3) is 0 Å². The highest BCUT2D eigenvalue weighted by Crippen LogP contribution is 2.18. The first kappa shape index (κ1) is 23.2. The predicted octanol–water partition coefficient (Wildman–Crippen LogP) is 3.66. The van der Waals surface area contributed by atoms with E-state index in [0.717, 1.165) is 11.1 Å². The van der Waals surface area contributed by atoms with E-state index in [2.05, 4.69) is 16.0 Å². The van der Waals surface area contributed by atoms with E-state index in [9.17, 15) is 14.4 Å². The monoisotopic (exact) mass is 431 g/mol. The van der Waals surface area contributed by atoms with Crippen LogP contribution in [0.3, 0.4) is 0 Å². The minimum Gasteiger partial charge on any atom is -0.444 e. The van der Waals surface area contributed by atoms with Gasteiger partial charge in [0.15, 0.2) is 0 Å². The number of benzene rings is 2. The van der Waals surface area contributed by atoms with E-state index in [1.807, 2.05) is 12.1 Å². The van der Waals surface area contributed by atoms with Gasteiger partial charge in [-0.1, -0.05) is 48.0 Å². The van der Waals surface area contributed by atoms with Crippen LogP contribution in [-0.2, 0) is 27.3 Å². The molecule has 8 heteroatoms. The first-order valence-electron chi connectivity index (χ1n) is 9.49. The first-order chi connectivity index (χ1) is 14.1. The summed E-state index contributed by atoms with van der Waals surface area (Å²) in [6.45, 7) is 5.20. The average molecular weight is 432 g/mol. The predicted molar refractivity (Wildman–Crippen MR) is 116 cm³/mol. The van der Waals surface area contributed by atoms with E-state index in [4.69, 9.17) is 16.3 Å². The highest BCUT2D eigenvalue weighted by Gasteiger charge is 2.16. The molecule has 2 rings (SSSR count). The van der Waals surface area contributed by atoms with Crippen LogP contribution < -0.4 is 16.0 Å². The molecule has 0 bridgehead atoms. The molecule has 0 aromatic heterocycles. The third kappa shape index (κ3) is 8.13. The zero-order valence-corrected chi connectivity index (χ0v) is 18.0. The second kappa shape index (κ2) is 10.6. The van der Waals surface area contributed by atoms with E-state index in [0.29, 0.717) is 10.7 Å². The number of rotatable bonds is 7. The maximum atomic E-state index is 12.4. The van der Waals surface area contributed by atoms with Crippen LogP contribution in [0.4, 0.5) is 10.5 Å². The third-order valence-electron chi connectivity index (χ3n) is 3.87. The fourth-order valence-electron chi connectivity index (χ4n) is 2.53. The number of alkyl carbamates (subject to hydrolysis) is 1. The molecule has 3 N–H and O–H groups in total. The third-order valence-corrected chi connectivity index (χ3v) is 4.24. The van der Waals surface area contributed by atoms with Crippen molar-refractivity contribution in [2.24, 2.45) is 0 Å². The van der Waals surface area contributed by atoms with Gasteiger partial charge < -0.3 is 20.7 Å². The fourth-order valence-corrected chi connectivity index (χ4v) is 2.73. The summed E-state index contributed by atoms with van der Waals surface area (Å²) >= 11 is 6.11. The van der Waals surface area contributed by atoms with E-state index >= 15 is 0 Å². The van der Waals surface area contributed by atoms with E-state index < -0.39 is 11.7 Å². The number of ether oxygens (including phenoxy) is 1. The highest BCUT2D eigenvalue weighted by molar-refractivity contribution is 6.31. The smallest absolute Gasteiger partial charge is 0.408 e. The molecule has 160 valence electrons. The lowest BCUT2D eigenvalue weighted by atomic mass is 10.1. The zero-order valence-electron chi connectivity index (χ0n) is 17.3. The summed E-state index contributed by atoms with van der Waals surface area (Å²) in [6, 6.07) is 14.3. The topological polar surface area (TPSA) is 96.5 Å². The molecule has 3 amide bonds. The van der Waals surface area contributed by atoms with Crippen molar-refractivity contribution in [2.75, 3.05) is 11.9 Å². The van der Waals surface area contributed by atoms with Gasteiger partial charge in [-0.25, -0.2) is 4.79 Å². The Morgan fingerprint density at radius 2 is 1.53 bits per heavy atom. The SMILES string of the molecule is CC(C)(C)OC(=O)NCC(=O)NCc1ccccc1NC(=O)Cc1ccccc1Cl. The molecular formula is C22H26ClN3O4. The summed E-state index contributed by atoms with van der Waals surface area (Å²) < 4.78 is 5.08. The van der Waals surface area contributed by atoms with Gasteiger partial charge in [-0.05, 0) is 44.0 Å². The standard InChI is InChI=1S/C22H26ClN3O4/c1-22(2,3)30-21(29)25-14-20(28)24-13-16-9-5-7-11-18(16)26-19(27)12-15-8-4-6-10-17(15)23/h4-11H,12-14H2,1-3H3,(H,24,28)(H,25,29)(H,26,27). The van der Waals surface area contributed by atoms with Crippen molar-refractivity contribution in [3.63, 3.8) is 0 Å². The lowest BCUT2D eigenvalue weighted by Gasteiger charge is -2.19. The zero-order chi connectivity index (χ0) is 22.1. The van der Waals surface area contributed by atoms with E-state index in [-0.39, 0.29) is 31.3 Å². The fraction of sp³-hybridized carbons (Fsp3) is 0.318. The van der Waals surface area contributed by atoms with Crippen LogP contribution in [0.1, 0.15) is 31.9 Å². The molecule has 0 aliphatic carbocycles. The van der Waals surface area contributed by atoms with Gasteiger partial charge in [0.2, 0.25) is 11.8 Å². The van der Waals surface area contributed by atoms with Gasteiger partial charge >= 0.3 is 6.09 Å². The molecule has 0 radical (unpaired) electrons. The first-order valence-corrected chi connectivity index (χ1v) is 9.86. The molecule has 0 atom stereocenters. The van der Waals surface area contributed by atoms with Crippen LogP contribution in [-0.4, -0.2) is 30.1 Å².